The highest BCUT2D eigenvalue weighted by Crippen LogP contribution is 2.34. The van der Waals surface area contributed by atoms with Gasteiger partial charge in [-0.2, -0.15) is 0 Å². The van der Waals surface area contributed by atoms with Crippen LogP contribution in [0.4, 0.5) is 0 Å². The van der Waals surface area contributed by atoms with E-state index in [-0.39, 0.29) is 17.6 Å². The van der Waals surface area contributed by atoms with Crippen LogP contribution in [0.1, 0.15) is 23.0 Å². The molecule has 24 heavy (non-hydrogen) atoms. The van der Waals surface area contributed by atoms with Gasteiger partial charge in [0.1, 0.15) is 5.78 Å². The molecule has 0 aliphatic rings. The van der Waals surface area contributed by atoms with Gasteiger partial charge in [-0.05, 0) is 47.5 Å². The first-order valence-electron chi connectivity index (χ1n) is 6.93. The fourth-order valence-corrected chi connectivity index (χ4v) is 4.93. The van der Waals surface area contributed by atoms with Gasteiger partial charge in [0.05, 0.1) is 11.8 Å². The summed E-state index contributed by atoms with van der Waals surface area (Å²) >= 11 is 31.1. The van der Waals surface area contributed by atoms with E-state index in [1.807, 2.05) is 0 Å². The lowest BCUT2D eigenvalue weighted by atomic mass is 9.86. The molecule has 128 valence electrons. The maximum absolute atomic E-state index is 13.1. The predicted molar refractivity (Wildman–Crippen MR) is 111 cm³/mol. The Hall–Kier alpha value is 0.230. The van der Waals surface area contributed by atoms with E-state index >= 15 is 0 Å². The molecular weight excluding hydrogens is 522 g/mol. The van der Waals surface area contributed by atoms with Crippen LogP contribution in [-0.4, -0.2) is 16.4 Å². The van der Waals surface area contributed by atoms with Crippen molar-refractivity contribution in [3.05, 3.63) is 67.6 Å². The zero-order chi connectivity index (χ0) is 17.9. The number of Topliss-reactive ketones (excluding diaryl/α,β-unsaturated/α-hetero) is 1. The van der Waals surface area contributed by atoms with Crippen LogP contribution < -0.4 is 0 Å². The van der Waals surface area contributed by atoms with Crippen molar-refractivity contribution in [1.82, 2.24) is 0 Å². The predicted octanol–water partition coefficient (Wildman–Crippen LogP) is 7.53. The average molecular weight is 534 g/mol. The van der Waals surface area contributed by atoms with Crippen LogP contribution in [0.3, 0.4) is 0 Å². The summed E-state index contributed by atoms with van der Waals surface area (Å²) < 4.78 is 0. The molecular formula is C17H12Br2Cl4O. The third kappa shape index (κ3) is 5.12. The number of halogens is 6. The minimum absolute atomic E-state index is 0.0282. The largest absolute Gasteiger partial charge is 0.298 e. The van der Waals surface area contributed by atoms with Crippen LogP contribution in [0.5, 0.6) is 0 Å². The molecule has 2 atom stereocenters. The summed E-state index contributed by atoms with van der Waals surface area (Å²) in [7, 11) is 0. The Kier molecular flexibility index (Phi) is 7.92. The number of ketones is 1. The highest BCUT2D eigenvalue weighted by molar-refractivity contribution is 9.09. The van der Waals surface area contributed by atoms with Gasteiger partial charge in [-0.1, -0.05) is 78.3 Å². The van der Waals surface area contributed by atoms with E-state index in [9.17, 15) is 4.79 Å². The lowest BCUT2D eigenvalue weighted by Crippen LogP contribution is -2.23. The van der Waals surface area contributed by atoms with Crippen LogP contribution in [-0.2, 0) is 4.79 Å². The molecule has 1 nitrogen and oxygen atoms in total. The highest BCUT2D eigenvalue weighted by atomic mass is 79.9. The zero-order valence-electron chi connectivity index (χ0n) is 12.2. The summed E-state index contributed by atoms with van der Waals surface area (Å²) in [5.74, 6) is -0.747. The van der Waals surface area contributed by atoms with Crippen molar-refractivity contribution in [1.29, 1.82) is 0 Å². The molecule has 0 aliphatic heterocycles. The Morgan fingerprint density at radius 3 is 1.25 bits per heavy atom. The maximum Gasteiger partial charge on any atom is 0.149 e. The first kappa shape index (κ1) is 20.5. The topological polar surface area (TPSA) is 17.1 Å². The third-order valence-electron chi connectivity index (χ3n) is 3.57. The van der Waals surface area contributed by atoms with Crippen molar-refractivity contribution >= 4 is 84.0 Å². The number of carbonyl (C=O) groups is 1. The van der Waals surface area contributed by atoms with Crippen LogP contribution in [0.15, 0.2) is 36.4 Å². The Balaban J connectivity index is 2.41. The van der Waals surface area contributed by atoms with E-state index < -0.39 is 0 Å². The van der Waals surface area contributed by atoms with Crippen LogP contribution >= 0.6 is 78.3 Å². The monoisotopic (exact) mass is 530 g/mol. The Morgan fingerprint density at radius 2 is 1.00 bits per heavy atom. The van der Waals surface area contributed by atoms with Crippen molar-refractivity contribution in [2.24, 2.45) is 0 Å². The number of carbonyl (C=O) groups excluding carboxylic acids is 1. The molecule has 0 saturated heterocycles. The normalized spacial score (nSPS) is 13.6. The van der Waals surface area contributed by atoms with Gasteiger partial charge in [-0.25, -0.2) is 0 Å². The molecule has 0 radical (unpaired) electrons. The van der Waals surface area contributed by atoms with Crippen molar-refractivity contribution in [3.63, 3.8) is 0 Å². The fourth-order valence-electron chi connectivity index (χ4n) is 2.45. The smallest absolute Gasteiger partial charge is 0.149 e. The lowest BCUT2D eigenvalue weighted by molar-refractivity contribution is -0.121. The molecule has 2 aromatic rings. The molecule has 0 bridgehead atoms. The summed E-state index contributed by atoms with van der Waals surface area (Å²) in [6.45, 7) is 0. The number of alkyl halides is 2. The van der Waals surface area contributed by atoms with E-state index in [1.165, 1.54) is 0 Å². The second-order valence-electron chi connectivity index (χ2n) is 5.22. The van der Waals surface area contributed by atoms with Crippen LogP contribution in [0.25, 0.3) is 0 Å². The Labute approximate surface area is 177 Å². The molecule has 0 spiro atoms. The molecule has 0 saturated carbocycles. The SMILES string of the molecule is O=C(C(CBr)c1cc(Cl)cc(Cl)c1)C(CBr)c1cc(Cl)cc(Cl)c1. The van der Waals surface area contributed by atoms with Gasteiger partial charge < -0.3 is 0 Å². The molecule has 0 amide bonds. The van der Waals surface area contributed by atoms with Crippen LogP contribution in [0.2, 0.25) is 20.1 Å². The molecule has 0 aliphatic carbocycles. The molecule has 0 heterocycles. The summed E-state index contributed by atoms with van der Waals surface area (Å²) in [5.41, 5.74) is 1.54. The van der Waals surface area contributed by atoms with Gasteiger partial charge in [-0.15, -0.1) is 0 Å². The summed E-state index contributed by atoms with van der Waals surface area (Å²) in [6, 6.07) is 10.3. The standard InChI is InChI=1S/C17H12Br2Cl4O/c18-7-15(9-1-11(20)5-12(21)2-9)17(24)16(8-19)10-3-13(22)6-14(23)4-10/h1-6,15-16H,7-8H2. The first-order chi connectivity index (χ1) is 11.3. The first-order valence-corrected chi connectivity index (χ1v) is 10.7. The van der Waals surface area contributed by atoms with E-state index in [4.69, 9.17) is 46.4 Å². The number of benzene rings is 2. The lowest BCUT2D eigenvalue weighted by Gasteiger charge is -2.21. The molecule has 0 aromatic heterocycles. The maximum atomic E-state index is 13.1. The van der Waals surface area contributed by atoms with Crippen molar-refractivity contribution in [2.45, 2.75) is 11.8 Å². The highest BCUT2D eigenvalue weighted by Gasteiger charge is 2.29. The van der Waals surface area contributed by atoms with Gasteiger partial charge in [-0.3, -0.25) is 4.79 Å². The quantitative estimate of drug-likeness (QED) is 0.351. The van der Waals surface area contributed by atoms with Gasteiger partial charge in [0, 0.05) is 30.8 Å². The van der Waals surface area contributed by atoms with Crippen LogP contribution in [0, 0.1) is 0 Å². The van der Waals surface area contributed by atoms with Crippen molar-refractivity contribution in [3.8, 4) is 0 Å². The summed E-state index contributed by atoms with van der Waals surface area (Å²) in [5, 5.41) is 2.91. The van der Waals surface area contributed by atoms with E-state index in [1.54, 1.807) is 36.4 Å². The minimum Gasteiger partial charge on any atom is -0.298 e. The van der Waals surface area contributed by atoms with Crippen molar-refractivity contribution < 1.29 is 4.79 Å². The molecule has 2 unspecified atom stereocenters. The van der Waals surface area contributed by atoms with Gasteiger partial charge in [0.25, 0.3) is 0 Å². The van der Waals surface area contributed by atoms with E-state index in [0.29, 0.717) is 30.8 Å². The number of hydrogen-bond acceptors (Lipinski definition) is 1. The summed E-state index contributed by atoms with van der Waals surface area (Å²) in [6.07, 6.45) is 0. The molecule has 0 fully saturated rings. The van der Waals surface area contributed by atoms with Gasteiger partial charge >= 0.3 is 0 Å². The fraction of sp³-hybridized carbons (Fsp3) is 0.235. The Morgan fingerprint density at radius 1 is 0.708 bits per heavy atom. The molecule has 0 N–H and O–H groups in total. The minimum atomic E-state index is -0.387. The Bertz CT molecular complexity index is 649. The third-order valence-corrected chi connectivity index (χ3v) is 5.74. The van der Waals surface area contributed by atoms with Gasteiger partial charge in [0.15, 0.2) is 0 Å². The number of rotatable bonds is 6. The van der Waals surface area contributed by atoms with E-state index in [0.717, 1.165) is 11.1 Å². The zero-order valence-corrected chi connectivity index (χ0v) is 18.4. The molecule has 7 heteroatoms. The molecule has 2 aromatic carbocycles. The van der Waals surface area contributed by atoms with Gasteiger partial charge in [0.2, 0.25) is 0 Å². The molecule has 2 rings (SSSR count). The second-order valence-corrected chi connectivity index (χ2v) is 8.26. The van der Waals surface area contributed by atoms with Crippen molar-refractivity contribution in [2.75, 3.05) is 10.7 Å². The second kappa shape index (κ2) is 9.25. The summed E-state index contributed by atoms with van der Waals surface area (Å²) in [4.78, 5) is 13.1. The number of hydrogen-bond donors (Lipinski definition) is 0. The van der Waals surface area contributed by atoms with E-state index in [2.05, 4.69) is 31.9 Å². The average Bonchev–Trinajstić information content (AvgIpc) is 2.46.